The smallest absolute Gasteiger partial charge is 0.260 e. The number of amides is 1. The summed E-state index contributed by atoms with van der Waals surface area (Å²) in [6.45, 7) is 2.49. The first kappa shape index (κ1) is 14.3. The second-order valence-electron chi connectivity index (χ2n) is 4.47. The fraction of sp³-hybridized carbons (Fsp3) is 0.286. The van der Waals surface area contributed by atoms with Crippen LogP contribution in [0.5, 0.6) is 5.75 Å². The normalized spacial score (nSPS) is 10.3. The van der Waals surface area contributed by atoms with Crippen LogP contribution in [0.25, 0.3) is 0 Å². The van der Waals surface area contributed by atoms with Crippen LogP contribution >= 0.6 is 11.3 Å². The predicted molar refractivity (Wildman–Crippen MR) is 79.7 cm³/mol. The Balaban J connectivity index is 1.87. The summed E-state index contributed by atoms with van der Waals surface area (Å²) in [6.07, 6.45) is 0. The van der Waals surface area contributed by atoms with Crippen LogP contribution in [0, 0.1) is 6.92 Å². The summed E-state index contributed by atoms with van der Waals surface area (Å²) in [5.74, 6) is 0.515. The van der Waals surface area contributed by atoms with Crippen LogP contribution in [0.15, 0.2) is 29.8 Å². The highest BCUT2D eigenvalue weighted by atomic mass is 32.1. The van der Waals surface area contributed by atoms with E-state index in [9.17, 15) is 4.79 Å². The Morgan fingerprint density at radius 3 is 2.95 bits per heavy atom. The van der Waals surface area contributed by atoms with Gasteiger partial charge in [-0.3, -0.25) is 4.79 Å². The number of hydrogen-bond donors (Lipinski definition) is 1. The molecule has 6 heteroatoms. The van der Waals surface area contributed by atoms with Gasteiger partial charge in [0.25, 0.3) is 5.91 Å². The molecule has 0 radical (unpaired) electrons. The van der Waals surface area contributed by atoms with E-state index in [0.717, 1.165) is 10.6 Å². The number of aromatic nitrogens is 1. The molecule has 2 rings (SSSR count). The van der Waals surface area contributed by atoms with Gasteiger partial charge in [0.1, 0.15) is 5.75 Å². The molecule has 0 unspecified atom stereocenters. The van der Waals surface area contributed by atoms with Gasteiger partial charge in [0.05, 0.1) is 17.7 Å². The Hall–Kier alpha value is -2.08. The number of anilines is 1. The highest BCUT2D eigenvalue weighted by Crippen LogP contribution is 2.16. The van der Waals surface area contributed by atoms with Crippen LogP contribution in [-0.4, -0.2) is 29.4 Å². The zero-order valence-corrected chi connectivity index (χ0v) is 12.3. The summed E-state index contributed by atoms with van der Waals surface area (Å²) in [5.41, 5.74) is 9.01. The Labute approximate surface area is 122 Å². The summed E-state index contributed by atoms with van der Waals surface area (Å²) in [7, 11) is 1.75. The van der Waals surface area contributed by atoms with Gasteiger partial charge < -0.3 is 15.4 Å². The average molecular weight is 291 g/mol. The fourth-order valence-corrected chi connectivity index (χ4v) is 2.47. The SMILES string of the molecule is Cc1ncsc1CN(C)C(=O)COc1cccc(N)c1. The number of nitrogens with two attached hydrogens (primary N) is 1. The standard InChI is InChI=1S/C14H17N3O2S/c1-10-13(20-9-16-10)7-17(2)14(18)8-19-12-5-3-4-11(15)6-12/h3-6,9H,7-8,15H2,1-2H3. The number of thiazole rings is 1. The first-order valence-corrected chi connectivity index (χ1v) is 7.05. The van der Waals surface area contributed by atoms with E-state index in [-0.39, 0.29) is 12.5 Å². The van der Waals surface area contributed by atoms with E-state index in [1.165, 1.54) is 0 Å². The minimum Gasteiger partial charge on any atom is -0.484 e. The summed E-state index contributed by atoms with van der Waals surface area (Å²) < 4.78 is 5.44. The van der Waals surface area contributed by atoms with Crippen molar-refractivity contribution in [1.29, 1.82) is 0 Å². The van der Waals surface area contributed by atoms with E-state index < -0.39 is 0 Å². The third-order valence-corrected chi connectivity index (χ3v) is 3.79. The molecule has 0 fully saturated rings. The molecule has 0 aliphatic rings. The van der Waals surface area contributed by atoms with Gasteiger partial charge in [-0.15, -0.1) is 11.3 Å². The predicted octanol–water partition coefficient (Wildman–Crippen LogP) is 2.07. The number of benzene rings is 1. The molecule has 1 aromatic carbocycles. The maximum absolute atomic E-state index is 12.0. The molecule has 2 N–H and O–H groups in total. The van der Waals surface area contributed by atoms with Crippen molar-refractivity contribution in [3.8, 4) is 5.75 Å². The molecule has 0 saturated carbocycles. The van der Waals surface area contributed by atoms with E-state index in [0.29, 0.717) is 18.0 Å². The van der Waals surface area contributed by atoms with E-state index in [2.05, 4.69) is 4.98 Å². The lowest BCUT2D eigenvalue weighted by atomic mass is 10.3. The van der Waals surface area contributed by atoms with Crippen LogP contribution in [0.3, 0.4) is 0 Å². The molecule has 20 heavy (non-hydrogen) atoms. The summed E-state index contributed by atoms with van der Waals surface area (Å²) in [5, 5.41) is 0. The molecule has 0 atom stereocenters. The lowest BCUT2D eigenvalue weighted by Gasteiger charge is -2.17. The number of aryl methyl sites for hydroxylation is 1. The van der Waals surface area contributed by atoms with Gasteiger partial charge in [0, 0.05) is 23.7 Å². The van der Waals surface area contributed by atoms with Crippen molar-refractivity contribution in [2.24, 2.45) is 0 Å². The molecule has 1 heterocycles. The first-order valence-electron chi connectivity index (χ1n) is 6.17. The minimum absolute atomic E-state index is 0.00218. The van der Waals surface area contributed by atoms with E-state index in [4.69, 9.17) is 10.5 Å². The monoisotopic (exact) mass is 291 g/mol. The number of likely N-dealkylation sites (N-methyl/N-ethyl adjacent to an activating group) is 1. The molecule has 0 aliphatic heterocycles. The first-order chi connectivity index (χ1) is 9.56. The fourth-order valence-electron chi connectivity index (χ4n) is 1.64. The molecule has 0 bridgehead atoms. The Bertz CT molecular complexity index is 598. The van der Waals surface area contributed by atoms with Crippen molar-refractivity contribution >= 4 is 22.9 Å². The van der Waals surface area contributed by atoms with Gasteiger partial charge in [-0.1, -0.05) is 6.07 Å². The third kappa shape index (κ3) is 3.71. The minimum atomic E-state index is -0.0831. The lowest BCUT2D eigenvalue weighted by molar-refractivity contribution is -0.132. The van der Waals surface area contributed by atoms with Crippen LogP contribution in [-0.2, 0) is 11.3 Å². The summed E-state index contributed by atoms with van der Waals surface area (Å²) in [6, 6.07) is 7.03. The molecule has 0 saturated heterocycles. The molecule has 0 aliphatic carbocycles. The van der Waals surface area contributed by atoms with Crippen molar-refractivity contribution in [3.05, 3.63) is 40.3 Å². The zero-order valence-electron chi connectivity index (χ0n) is 11.5. The van der Waals surface area contributed by atoms with Crippen molar-refractivity contribution in [2.75, 3.05) is 19.4 Å². The van der Waals surface area contributed by atoms with Crippen LogP contribution in [0.1, 0.15) is 10.6 Å². The van der Waals surface area contributed by atoms with Gasteiger partial charge in [0.15, 0.2) is 6.61 Å². The Morgan fingerprint density at radius 1 is 1.50 bits per heavy atom. The summed E-state index contributed by atoms with van der Waals surface area (Å²) in [4.78, 5) is 18.9. The quantitative estimate of drug-likeness (QED) is 0.856. The number of carbonyl (C=O) groups is 1. The number of nitrogen functional groups attached to an aromatic ring is 1. The largest absolute Gasteiger partial charge is 0.484 e. The lowest BCUT2D eigenvalue weighted by Crippen LogP contribution is -2.30. The van der Waals surface area contributed by atoms with Crippen molar-refractivity contribution in [2.45, 2.75) is 13.5 Å². The molecular formula is C14H17N3O2S. The highest BCUT2D eigenvalue weighted by molar-refractivity contribution is 7.09. The van der Waals surface area contributed by atoms with Gasteiger partial charge in [-0.05, 0) is 19.1 Å². The second kappa shape index (κ2) is 6.38. The number of carbonyl (C=O) groups excluding carboxylic acids is 1. The van der Waals surface area contributed by atoms with Crippen LogP contribution < -0.4 is 10.5 Å². The Kier molecular flexibility index (Phi) is 4.57. The van der Waals surface area contributed by atoms with Gasteiger partial charge in [-0.2, -0.15) is 0 Å². The summed E-state index contributed by atoms with van der Waals surface area (Å²) >= 11 is 1.55. The van der Waals surface area contributed by atoms with Gasteiger partial charge >= 0.3 is 0 Å². The number of ether oxygens (including phenoxy) is 1. The Morgan fingerprint density at radius 2 is 2.30 bits per heavy atom. The molecule has 5 nitrogen and oxygen atoms in total. The number of nitrogens with zero attached hydrogens (tertiary/aromatic N) is 2. The maximum atomic E-state index is 12.0. The molecule has 1 amide bonds. The third-order valence-electron chi connectivity index (χ3n) is 2.87. The molecule has 106 valence electrons. The van der Waals surface area contributed by atoms with Gasteiger partial charge in [0.2, 0.25) is 0 Å². The maximum Gasteiger partial charge on any atom is 0.260 e. The molecule has 1 aromatic heterocycles. The molecule has 0 spiro atoms. The molecule has 2 aromatic rings. The topological polar surface area (TPSA) is 68.5 Å². The van der Waals surface area contributed by atoms with E-state index in [1.54, 1.807) is 53.1 Å². The van der Waals surface area contributed by atoms with Crippen molar-refractivity contribution in [3.63, 3.8) is 0 Å². The van der Waals surface area contributed by atoms with Gasteiger partial charge in [-0.25, -0.2) is 4.98 Å². The average Bonchev–Trinajstić information content (AvgIpc) is 2.81. The highest BCUT2D eigenvalue weighted by Gasteiger charge is 2.12. The number of rotatable bonds is 5. The number of hydrogen-bond acceptors (Lipinski definition) is 5. The zero-order chi connectivity index (χ0) is 14.5. The van der Waals surface area contributed by atoms with Crippen LogP contribution in [0.4, 0.5) is 5.69 Å². The second-order valence-corrected chi connectivity index (χ2v) is 5.41. The van der Waals surface area contributed by atoms with E-state index >= 15 is 0 Å². The van der Waals surface area contributed by atoms with E-state index in [1.807, 2.05) is 6.92 Å². The van der Waals surface area contributed by atoms with Crippen molar-refractivity contribution < 1.29 is 9.53 Å². The van der Waals surface area contributed by atoms with Crippen LogP contribution in [0.2, 0.25) is 0 Å². The van der Waals surface area contributed by atoms with Crippen molar-refractivity contribution in [1.82, 2.24) is 9.88 Å². The molecular weight excluding hydrogens is 274 g/mol.